The summed E-state index contributed by atoms with van der Waals surface area (Å²) in [4.78, 5) is 41.9. The van der Waals surface area contributed by atoms with E-state index < -0.39 is 35.5 Å². The molecule has 186 valence electrons. The average molecular weight is 515 g/mol. The molecule has 36 heavy (non-hydrogen) atoms. The van der Waals surface area contributed by atoms with Crippen LogP contribution in [0.4, 0.5) is 18.9 Å². The first kappa shape index (κ1) is 23.3. The summed E-state index contributed by atoms with van der Waals surface area (Å²) in [5.74, 6) is -1.69. The number of amides is 3. The Hall–Kier alpha value is -3.13. The number of hydrogen-bond acceptors (Lipinski definition) is 3. The number of carbonyl (C=O) groups excluding carboxylic acids is 3. The van der Waals surface area contributed by atoms with Crippen LogP contribution in [0.2, 0.25) is 5.02 Å². The quantitative estimate of drug-likeness (QED) is 0.453. The number of imide groups is 1. The molecule has 0 aromatic heterocycles. The van der Waals surface area contributed by atoms with Crippen LogP contribution in [0.25, 0.3) is 0 Å². The number of anilines is 1. The number of benzene rings is 2. The van der Waals surface area contributed by atoms with Gasteiger partial charge in [-0.1, -0.05) is 54.1 Å². The molecule has 2 bridgehead atoms. The lowest BCUT2D eigenvalue weighted by Crippen LogP contribution is -2.49. The monoisotopic (exact) mass is 514 g/mol. The highest BCUT2D eigenvalue weighted by Crippen LogP contribution is 2.65. The number of rotatable bonds is 5. The van der Waals surface area contributed by atoms with Crippen LogP contribution in [0, 0.1) is 35.5 Å². The van der Waals surface area contributed by atoms with Gasteiger partial charge in [-0.15, -0.1) is 0 Å². The lowest BCUT2D eigenvalue weighted by molar-refractivity contribution is -0.146. The van der Waals surface area contributed by atoms with Crippen LogP contribution >= 0.6 is 11.6 Å². The lowest BCUT2D eigenvalue weighted by atomic mass is 9.63. The van der Waals surface area contributed by atoms with Gasteiger partial charge in [-0.2, -0.15) is 13.2 Å². The van der Waals surface area contributed by atoms with Crippen LogP contribution in [0.15, 0.2) is 60.7 Å². The summed E-state index contributed by atoms with van der Waals surface area (Å²) in [5, 5.41) is 2.39. The molecule has 5 nitrogen and oxygen atoms in total. The summed E-state index contributed by atoms with van der Waals surface area (Å²) in [6, 6.07) is 10.3. The maximum absolute atomic E-state index is 13.7. The molecule has 5 aliphatic rings. The molecule has 0 radical (unpaired) electrons. The molecule has 0 unspecified atom stereocenters. The van der Waals surface area contributed by atoms with Crippen LogP contribution in [-0.2, 0) is 27.0 Å². The van der Waals surface area contributed by atoms with Crippen molar-refractivity contribution in [2.24, 2.45) is 35.5 Å². The second-order valence-corrected chi connectivity index (χ2v) is 10.5. The number of nitrogens with one attached hydrogen (secondary N) is 1. The average Bonchev–Trinajstić information content (AvgIpc) is 3.62. The minimum Gasteiger partial charge on any atom is -0.323 e. The van der Waals surface area contributed by atoms with Crippen molar-refractivity contribution in [3.63, 3.8) is 0 Å². The molecule has 2 aromatic carbocycles. The van der Waals surface area contributed by atoms with Crippen molar-refractivity contribution in [1.82, 2.24) is 4.90 Å². The highest BCUT2D eigenvalue weighted by Gasteiger charge is 2.67. The fourth-order valence-electron chi connectivity index (χ4n) is 6.44. The van der Waals surface area contributed by atoms with Crippen molar-refractivity contribution >= 4 is 35.0 Å². The van der Waals surface area contributed by atoms with Crippen molar-refractivity contribution in [2.75, 3.05) is 5.32 Å². The number of alkyl halides is 3. The summed E-state index contributed by atoms with van der Waals surface area (Å²) in [7, 11) is 0. The number of likely N-dealkylation sites (tertiary alicyclic amines) is 1. The minimum atomic E-state index is -4.63. The third-order valence-electron chi connectivity index (χ3n) is 8.13. The van der Waals surface area contributed by atoms with Crippen molar-refractivity contribution in [3.8, 4) is 0 Å². The molecule has 2 aromatic rings. The lowest BCUT2D eigenvalue weighted by Gasteiger charge is -2.37. The van der Waals surface area contributed by atoms with Gasteiger partial charge in [0.15, 0.2) is 0 Å². The van der Waals surface area contributed by atoms with E-state index in [1.165, 1.54) is 0 Å². The van der Waals surface area contributed by atoms with Crippen LogP contribution in [0.1, 0.15) is 17.5 Å². The third-order valence-corrected chi connectivity index (χ3v) is 8.46. The Morgan fingerprint density at radius 2 is 1.61 bits per heavy atom. The first-order valence-corrected chi connectivity index (χ1v) is 12.3. The zero-order chi connectivity index (χ0) is 25.4. The number of halogens is 4. The Labute approximate surface area is 210 Å². The van der Waals surface area contributed by atoms with E-state index in [0.29, 0.717) is 17.4 Å². The van der Waals surface area contributed by atoms with Crippen molar-refractivity contribution in [1.29, 1.82) is 0 Å². The van der Waals surface area contributed by atoms with Crippen LogP contribution in [0.5, 0.6) is 0 Å². The Morgan fingerprint density at radius 3 is 2.19 bits per heavy atom. The Kier molecular flexibility index (Phi) is 5.30. The highest BCUT2D eigenvalue weighted by molar-refractivity contribution is 6.33. The number of nitrogens with zero attached hydrogens (tertiary/aromatic N) is 1. The van der Waals surface area contributed by atoms with Gasteiger partial charge in [0.05, 0.1) is 28.1 Å². The first-order chi connectivity index (χ1) is 17.1. The van der Waals surface area contributed by atoms with Gasteiger partial charge in [0, 0.05) is 6.42 Å². The smallest absolute Gasteiger partial charge is 0.323 e. The highest BCUT2D eigenvalue weighted by atomic mass is 35.5. The van der Waals surface area contributed by atoms with Crippen LogP contribution in [0.3, 0.4) is 0 Å². The third kappa shape index (κ3) is 3.65. The molecular weight excluding hydrogens is 493 g/mol. The van der Waals surface area contributed by atoms with Gasteiger partial charge in [0.25, 0.3) is 0 Å². The zero-order valence-electron chi connectivity index (χ0n) is 18.9. The fourth-order valence-corrected chi connectivity index (χ4v) is 6.60. The zero-order valence-corrected chi connectivity index (χ0v) is 19.7. The fraction of sp³-hybridized carbons (Fsp3) is 0.370. The van der Waals surface area contributed by atoms with E-state index in [9.17, 15) is 27.6 Å². The number of hydrogen-bond donors (Lipinski definition) is 1. The summed E-state index contributed by atoms with van der Waals surface area (Å²) < 4.78 is 39.8. The van der Waals surface area contributed by atoms with Crippen LogP contribution < -0.4 is 5.32 Å². The summed E-state index contributed by atoms with van der Waals surface area (Å²) in [5.41, 5.74) is -0.482. The number of carbonyl (C=O) groups is 3. The minimum absolute atomic E-state index is 0.00945. The van der Waals surface area contributed by atoms with E-state index >= 15 is 0 Å². The van der Waals surface area contributed by atoms with Gasteiger partial charge in [0.1, 0.15) is 6.04 Å². The molecule has 1 aliphatic heterocycles. The first-order valence-electron chi connectivity index (χ1n) is 11.9. The van der Waals surface area contributed by atoms with E-state index in [4.69, 9.17) is 11.6 Å². The maximum atomic E-state index is 13.7. The van der Waals surface area contributed by atoms with E-state index in [1.54, 1.807) is 30.3 Å². The summed E-state index contributed by atoms with van der Waals surface area (Å²) in [6.07, 6.45) is 0.511. The predicted molar refractivity (Wildman–Crippen MR) is 126 cm³/mol. The SMILES string of the molecule is O=C(Nc1cc(C(F)(F)F)ccc1Cl)[C@H](Cc1ccccc1)N1C(=O)[C@@H]2[C@H]3C=C[C@@H]([C@@H]4C[C@H]34)[C@@H]2C1=O. The largest absolute Gasteiger partial charge is 0.416 e. The number of allylic oxidation sites excluding steroid dienone is 2. The standard InChI is InChI=1S/C27H22ClF3N2O3/c28-19-9-6-14(27(29,30)31)11-20(19)32-24(34)21(10-13-4-2-1-3-5-13)33-25(35)22-15-7-8-16(18-12-17(15)18)23(22)26(33)36/h1-9,11,15-18,21-23H,10,12H2,(H,32,34)/t15-,16-,17-,18+,21-,22-,23+/m0/s1. The molecule has 9 heteroatoms. The Bertz CT molecular complexity index is 1260. The molecule has 1 heterocycles. The van der Waals surface area contributed by atoms with Gasteiger partial charge in [-0.25, -0.2) is 0 Å². The molecule has 7 atom stereocenters. The molecule has 7 rings (SSSR count). The van der Waals surface area contributed by atoms with Gasteiger partial charge < -0.3 is 5.32 Å². The van der Waals surface area contributed by atoms with Gasteiger partial charge >= 0.3 is 6.18 Å². The maximum Gasteiger partial charge on any atom is 0.416 e. The van der Waals surface area contributed by atoms with Crippen LogP contribution in [-0.4, -0.2) is 28.7 Å². The summed E-state index contributed by atoms with van der Waals surface area (Å²) >= 11 is 6.10. The predicted octanol–water partition coefficient (Wildman–Crippen LogP) is 4.96. The molecular formula is C27H22ClF3N2O3. The topological polar surface area (TPSA) is 66.5 Å². The Balaban J connectivity index is 1.34. The normalized spacial score (nSPS) is 30.7. The summed E-state index contributed by atoms with van der Waals surface area (Å²) in [6.45, 7) is 0. The van der Waals surface area contributed by atoms with Crippen molar-refractivity contribution < 1.29 is 27.6 Å². The second kappa shape index (κ2) is 8.20. The molecule has 1 N–H and O–H groups in total. The van der Waals surface area contributed by atoms with Gasteiger partial charge in [-0.05, 0) is 53.9 Å². The second-order valence-electron chi connectivity index (χ2n) is 10.1. The van der Waals surface area contributed by atoms with Gasteiger partial charge in [-0.3, -0.25) is 19.3 Å². The van der Waals surface area contributed by atoms with Crippen molar-refractivity contribution in [3.05, 3.63) is 76.8 Å². The molecule has 0 spiro atoms. The van der Waals surface area contributed by atoms with E-state index in [-0.39, 0.29) is 40.8 Å². The van der Waals surface area contributed by atoms with Crippen molar-refractivity contribution in [2.45, 2.75) is 25.1 Å². The molecule has 2 saturated carbocycles. The van der Waals surface area contributed by atoms with Gasteiger partial charge in [0.2, 0.25) is 17.7 Å². The van der Waals surface area contributed by atoms with E-state index in [0.717, 1.165) is 29.5 Å². The molecule has 4 aliphatic carbocycles. The molecule has 1 saturated heterocycles. The Morgan fingerprint density at radius 1 is 1.00 bits per heavy atom. The molecule has 3 fully saturated rings. The molecule has 3 amide bonds. The van der Waals surface area contributed by atoms with E-state index in [2.05, 4.69) is 5.32 Å². The van der Waals surface area contributed by atoms with E-state index in [1.807, 2.05) is 12.2 Å².